The SMILES string of the molecule is Cc1ccc(CN2C(=O)CCC2C(=O)Nc2ccc(CC(=O)O)cc2)cc1. The number of nitrogens with one attached hydrogen (secondary N) is 1. The van der Waals surface area contributed by atoms with Crippen LogP contribution in [0.3, 0.4) is 0 Å². The van der Waals surface area contributed by atoms with Crippen molar-refractivity contribution in [1.29, 1.82) is 0 Å². The molecule has 3 rings (SSSR count). The number of aryl methyl sites for hydroxylation is 1. The second kappa shape index (κ2) is 8.03. The fourth-order valence-electron chi connectivity index (χ4n) is 3.20. The van der Waals surface area contributed by atoms with E-state index in [1.807, 2.05) is 31.2 Å². The second-order valence-electron chi connectivity index (χ2n) is 6.82. The lowest BCUT2D eigenvalue weighted by atomic mass is 10.1. The fourth-order valence-corrected chi connectivity index (χ4v) is 3.20. The highest BCUT2D eigenvalue weighted by molar-refractivity contribution is 5.99. The molecule has 1 aliphatic heterocycles. The molecule has 0 aromatic heterocycles. The molecule has 1 saturated heterocycles. The number of carboxylic acids is 1. The molecule has 0 saturated carbocycles. The van der Waals surface area contributed by atoms with E-state index in [0.29, 0.717) is 30.6 Å². The first-order chi connectivity index (χ1) is 12.9. The molecule has 140 valence electrons. The molecule has 6 heteroatoms. The molecule has 0 bridgehead atoms. The van der Waals surface area contributed by atoms with Gasteiger partial charge in [-0.15, -0.1) is 0 Å². The molecular weight excluding hydrogens is 344 g/mol. The van der Waals surface area contributed by atoms with E-state index in [1.54, 1.807) is 29.2 Å². The molecule has 2 aromatic carbocycles. The van der Waals surface area contributed by atoms with Crippen molar-refractivity contribution in [3.8, 4) is 0 Å². The Morgan fingerprint density at radius 1 is 1.07 bits per heavy atom. The number of carbonyl (C=O) groups is 3. The Balaban J connectivity index is 1.66. The maximum Gasteiger partial charge on any atom is 0.307 e. The Bertz CT molecular complexity index is 843. The van der Waals surface area contributed by atoms with Crippen LogP contribution in [-0.2, 0) is 27.3 Å². The predicted octanol–water partition coefficient (Wildman–Crippen LogP) is 2.75. The van der Waals surface area contributed by atoms with Crippen molar-refractivity contribution in [1.82, 2.24) is 4.90 Å². The first kappa shape index (κ1) is 18.6. The lowest BCUT2D eigenvalue weighted by Crippen LogP contribution is -2.41. The van der Waals surface area contributed by atoms with E-state index in [9.17, 15) is 14.4 Å². The molecule has 2 amide bonds. The van der Waals surface area contributed by atoms with Gasteiger partial charge in [0.05, 0.1) is 6.42 Å². The second-order valence-corrected chi connectivity index (χ2v) is 6.82. The Morgan fingerprint density at radius 3 is 2.33 bits per heavy atom. The summed E-state index contributed by atoms with van der Waals surface area (Å²) >= 11 is 0. The average molecular weight is 366 g/mol. The van der Waals surface area contributed by atoms with Gasteiger partial charge < -0.3 is 15.3 Å². The fraction of sp³-hybridized carbons (Fsp3) is 0.286. The van der Waals surface area contributed by atoms with Gasteiger partial charge in [0, 0.05) is 18.7 Å². The summed E-state index contributed by atoms with van der Waals surface area (Å²) in [6.45, 7) is 2.41. The monoisotopic (exact) mass is 366 g/mol. The van der Waals surface area contributed by atoms with Gasteiger partial charge >= 0.3 is 5.97 Å². The maximum atomic E-state index is 12.7. The van der Waals surface area contributed by atoms with Gasteiger partial charge in [-0.2, -0.15) is 0 Å². The maximum absolute atomic E-state index is 12.7. The number of benzene rings is 2. The van der Waals surface area contributed by atoms with Crippen LogP contribution in [0.2, 0.25) is 0 Å². The number of anilines is 1. The number of rotatable bonds is 6. The van der Waals surface area contributed by atoms with Gasteiger partial charge in [0.1, 0.15) is 6.04 Å². The van der Waals surface area contributed by atoms with Crippen molar-refractivity contribution < 1.29 is 19.5 Å². The van der Waals surface area contributed by atoms with Crippen molar-refractivity contribution in [2.24, 2.45) is 0 Å². The molecule has 1 aliphatic rings. The van der Waals surface area contributed by atoms with Crippen LogP contribution in [0.15, 0.2) is 48.5 Å². The molecule has 1 atom stereocenters. The van der Waals surface area contributed by atoms with E-state index < -0.39 is 12.0 Å². The number of aliphatic carboxylic acids is 1. The van der Waals surface area contributed by atoms with Gasteiger partial charge in [0.25, 0.3) is 0 Å². The lowest BCUT2D eigenvalue weighted by molar-refractivity contribution is -0.136. The molecule has 6 nitrogen and oxygen atoms in total. The lowest BCUT2D eigenvalue weighted by Gasteiger charge is -2.24. The van der Waals surface area contributed by atoms with Gasteiger partial charge in [-0.1, -0.05) is 42.0 Å². The highest BCUT2D eigenvalue weighted by Gasteiger charge is 2.35. The quantitative estimate of drug-likeness (QED) is 0.823. The predicted molar refractivity (Wildman–Crippen MR) is 101 cm³/mol. The summed E-state index contributed by atoms with van der Waals surface area (Å²) in [6, 6.07) is 14.1. The summed E-state index contributed by atoms with van der Waals surface area (Å²) in [4.78, 5) is 37.3. The molecular formula is C21H22N2O4. The van der Waals surface area contributed by atoms with Crippen LogP contribution < -0.4 is 5.32 Å². The Hall–Kier alpha value is -3.15. The molecule has 2 aromatic rings. The van der Waals surface area contributed by atoms with Crippen molar-refractivity contribution in [3.05, 3.63) is 65.2 Å². The summed E-state index contributed by atoms with van der Waals surface area (Å²) < 4.78 is 0. The Labute approximate surface area is 157 Å². The molecule has 27 heavy (non-hydrogen) atoms. The van der Waals surface area contributed by atoms with E-state index in [-0.39, 0.29) is 18.2 Å². The number of amides is 2. The summed E-state index contributed by atoms with van der Waals surface area (Å²) in [7, 11) is 0. The van der Waals surface area contributed by atoms with E-state index in [0.717, 1.165) is 11.1 Å². The van der Waals surface area contributed by atoms with Gasteiger partial charge in [-0.3, -0.25) is 14.4 Å². The molecule has 0 aliphatic carbocycles. The highest BCUT2D eigenvalue weighted by Crippen LogP contribution is 2.23. The van der Waals surface area contributed by atoms with Crippen LogP contribution in [-0.4, -0.2) is 33.8 Å². The summed E-state index contributed by atoms with van der Waals surface area (Å²) in [5.41, 5.74) is 3.39. The molecule has 0 spiro atoms. The van der Waals surface area contributed by atoms with Crippen LogP contribution in [0.1, 0.15) is 29.5 Å². The zero-order valence-electron chi connectivity index (χ0n) is 15.1. The van der Waals surface area contributed by atoms with Crippen molar-refractivity contribution in [2.75, 3.05) is 5.32 Å². The third-order valence-electron chi connectivity index (χ3n) is 4.68. The normalized spacial score (nSPS) is 16.4. The number of likely N-dealkylation sites (tertiary alicyclic amines) is 1. The van der Waals surface area contributed by atoms with Crippen LogP contribution in [0.25, 0.3) is 0 Å². The Morgan fingerprint density at radius 2 is 1.70 bits per heavy atom. The van der Waals surface area contributed by atoms with E-state index in [1.165, 1.54) is 0 Å². The number of carboxylic acid groups (broad SMARTS) is 1. The van der Waals surface area contributed by atoms with Gasteiger partial charge in [-0.25, -0.2) is 0 Å². The zero-order valence-corrected chi connectivity index (χ0v) is 15.1. The van der Waals surface area contributed by atoms with Crippen molar-refractivity contribution in [2.45, 2.75) is 38.8 Å². The van der Waals surface area contributed by atoms with Crippen LogP contribution in [0.5, 0.6) is 0 Å². The third-order valence-corrected chi connectivity index (χ3v) is 4.68. The van der Waals surface area contributed by atoms with Crippen molar-refractivity contribution >= 4 is 23.5 Å². The minimum atomic E-state index is -0.900. The summed E-state index contributed by atoms with van der Waals surface area (Å²) in [6.07, 6.45) is 0.796. The van der Waals surface area contributed by atoms with Crippen LogP contribution in [0.4, 0.5) is 5.69 Å². The van der Waals surface area contributed by atoms with Crippen LogP contribution >= 0.6 is 0 Å². The zero-order chi connectivity index (χ0) is 19.4. The number of hydrogen-bond donors (Lipinski definition) is 2. The highest BCUT2D eigenvalue weighted by atomic mass is 16.4. The molecule has 2 N–H and O–H groups in total. The van der Waals surface area contributed by atoms with Crippen LogP contribution in [0, 0.1) is 6.92 Å². The minimum Gasteiger partial charge on any atom is -0.481 e. The third kappa shape index (κ3) is 4.73. The molecule has 1 fully saturated rings. The standard InChI is InChI=1S/C21H22N2O4/c1-14-2-4-16(5-3-14)13-23-18(10-11-19(23)24)21(27)22-17-8-6-15(7-9-17)12-20(25)26/h2-9,18H,10-13H2,1H3,(H,22,27)(H,25,26). The molecule has 1 heterocycles. The van der Waals surface area contributed by atoms with E-state index in [4.69, 9.17) is 5.11 Å². The minimum absolute atomic E-state index is 0.0208. The van der Waals surface area contributed by atoms with E-state index in [2.05, 4.69) is 5.32 Å². The first-order valence-corrected chi connectivity index (χ1v) is 8.89. The summed E-state index contributed by atoms with van der Waals surface area (Å²) in [5.74, 6) is -1.14. The first-order valence-electron chi connectivity index (χ1n) is 8.89. The number of hydrogen-bond acceptors (Lipinski definition) is 3. The topological polar surface area (TPSA) is 86.7 Å². The largest absolute Gasteiger partial charge is 0.481 e. The number of carbonyl (C=O) groups excluding carboxylic acids is 2. The van der Waals surface area contributed by atoms with Gasteiger partial charge in [-0.05, 0) is 36.6 Å². The molecule has 1 unspecified atom stereocenters. The van der Waals surface area contributed by atoms with E-state index >= 15 is 0 Å². The van der Waals surface area contributed by atoms with Gasteiger partial charge in [0.15, 0.2) is 0 Å². The Kier molecular flexibility index (Phi) is 5.54. The number of nitrogens with zero attached hydrogens (tertiary/aromatic N) is 1. The smallest absolute Gasteiger partial charge is 0.307 e. The summed E-state index contributed by atoms with van der Waals surface area (Å²) in [5, 5.41) is 11.6. The average Bonchev–Trinajstić information content (AvgIpc) is 2.99. The van der Waals surface area contributed by atoms with Crippen molar-refractivity contribution in [3.63, 3.8) is 0 Å². The van der Waals surface area contributed by atoms with Gasteiger partial charge in [0.2, 0.25) is 11.8 Å². The molecule has 0 radical (unpaired) electrons.